The Bertz CT molecular complexity index is 840. The molecule has 2 N–H and O–H groups in total. The number of ether oxygens (including phenoxy) is 2. The van der Waals surface area contributed by atoms with E-state index in [9.17, 15) is 4.79 Å². The average molecular weight is 339 g/mol. The van der Waals surface area contributed by atoms with Crippen molar-refractivity contribution in [2.75, 3.05) is 20.3 Å². The summed E-state index contributed by atoms with van der Waals surface area (Å²) in [5.74, 6) is 1.84. The van der Waals surface area contributed by atoms with E-state index in [2.05, 4.69) is 15.3 Å². The highest BCUT2D eigenvalue weighted by Crippen LogP contribution is 2.27. The van der Waals surface area contributed by atoms with Gasteiger partial charge in [0.1, 0.15) is 5.82 Å². The molecule has 0 saturated heterocycles. The van der Waals surface area contributed by atoms with Gasteiger partial charge in [-0.3, -0.25) is 4.79 Å². The molecule has 0 aliphatic carbocycles. The smallest absolute Gasteiger partial charge is 0.257 e. The molecule has 3 aromatic rings. The molecule has 0 saturated carbocycles. The highest BCUT2D eigenvalue weighted by Gasteiger charge is 2.08. The number of aryl methyl sites for hydroxylation is 1. The lowest BCUT2D eigenvalue weighted by Crippen LogP contribution is -2.30. The predicted molar refractivity (Wildman–Crippen MR) is 96.0 cm³/mol. The summed E-state index contributed by atoms with van der Waals surface area (Å²) in [4.78, 5) is 19.7. The van der Waals surface area contributed by atoms with E-state index >= 15 is 0 Å². The molecule has 0 spiro atoms. The number of aromatic amines is 1. The van der Waals surface area contributed by atoms with Gasteiger partial charge in [0.25, 0.3) is 5.91 Å². The average Bonchev–Trinajstić information content (AvgIpc) is 3.03. The standard InChI is InChI=1S/C19H21N3O3/c1-13-7-8-16(17(11-13)24-2)25-12-19(23)20-10-9-18-21-14-5-3-4-6-15(14)22-18/h3-8,11H,9-10,12H2,1-2H3,(H,20,23)(H,21,22). The van der Waals surface area contributed by atoms with E-state index in [4.69, 9.17) is 9.47 Å². The molecular formula is C19H21N3O3. The number of carbonyl (C=O) groups is 1. The van der Waals surface area contributed by atoms with Gasteiger partial charge in [-0.15, -0.1) is 0 Å². The summed E-state index contributed by atoms with van der Waals surface area (Å²) < 4.78 is 10.8. The summed E-state index contributed by atoms with van der Waals surface area (Å²) in [6.07, 6.45) is 0.633. The third-order valence-electron chi connectivity index (χ3n) is 3.80. The third-order valence-corrected chi connectivity index (χ3v) is 3.80. The van der Waals surface area contributed by atoms with Gasteiger partial charge in [0.05, 0.1) is 18.1 Å². The largest absolute Gasteiger partial charge is 0.493 e. The van der Waals surface area contributed by atoms with Crippen molar-refractivity contribution < 1.29 is 14.3 Å². The number of imidazole rings is 1. The van der Waals surface area contributed by atoms with Gasteiger partial charge >= 0.3 is 0 Å². The van der Waals surface area contributed by atoms with Crippen LogP contribution in [0.3, 0.4) is 0 Å². The maximum absolute atomic E-state index is 11.9. The molecule has 0 aliphatic heterocycles. The van der Waals surface area contributed by atoms with Gasteiger partial charge in [-0.05, 0) is 36.8 Å². The second-order valence-corrected chi connectivity index (χ2v) is 5.74. The van der Waals surface area contributed by atoms with Gasteiger partial charge in [-0.2, -0.15) is 0 Å². The van der Waals surface area contributed by atoms with E-state index in [-0.39, 0.29) is 12.5 Å². The molecular weight excluding hydrogens is 318 g/mol. The van der Waals surface area contributed by atoms with E-state index in [1.54, 1.807) is 13.2 Å². The molecule has 25 heavy (non-hydrogen) atoms. The number of benzene rings is 2. The van der Waals surface area contributed by atoms with Crippen LogP contribution in [0.5, 0.6) is 11.5 Å². The van der Waals surface area contributed by atoms with Crippen molar-refractivity contribution in [2.24, 2.45) is 0 Å². The Morgan fingerprint density at radius 2 is 2.04 bits per heavy atom. The first kappa shape index (κ1) is 16.8. The third kappa shape index (κ3) is 4.29. The second-order valence-electron chi connectivity index (χ2n) is 5.74. The Hall–Kier alpha value is -3.02. The number of aromatic nitrogens is 2. The minimum atomic E-state index is -0.182. The monoisotopic (exact) mass is 339 g/mol. The zero-order valence-electron chi connectivity index (χ0n) is 14.3. The van der Waals surface area contributed by atoms with Crippen LogP contribution in [0.4, 0.5) is 0 Å². The van der Waals surface area contributed by atoms with Crippen molar-refractivity contribution in [3.8, 4) is 11.5 Å². The minimum Gasteiger partial charge on any atom is -0.493 e. The fraction of sp³-hybridized carbons (Fsp3) is 0.263. The zero-order valence-corrected chi connectivity index (χ0v) is 14.3. The lowest BCUT2D eigenvalue weighted by Gasteiger charge is -2.11. The molecule has 0 bridgehead atoms. The van der Waals surface area contributed by atoms with Gasteiger partial charge in [0.15, 0.2) is 18.1 Å². The highest BCUT2D eigenvalue weighted by molar-refractivity contribution is 5.77. The Balaban J connectivity index is 1.46. The number of hydrogen-bond donors (Lipinski definition) is 2. The van der Waals surface area contributed by atoms with Gasteiger partial charge < -0.3 is 19.8 Å². The first-order chi connectivity index (χ1) is 12.2. The first-order valence-corrected chi connectivity index (χ1v) is 8.13. The number of para-hydroxylation sites is 2. The number of methoxy groups -OCH3 is 1. The summed E-state index contributed by atoms with van der Waals surface area (Å²) in [5.41, 5.74) is 3.00. The molecule has 130 valence electrons. The van der Waals surface area contributed by atoms with Crippen molar-refractivity contribution in [3.05, 3.63) is 53.9 Å². The topological polar surface area (TPSA) is 76.2 Å². The molecule has 0 unspecified atom stereocenters. The Labute approximate surface area is 146 Å². The van der Waals surface area contributed by atoms with Crippen LogP contribution in [0.1, 0.15) is 11.4 Å². The second kappa shape index (κ2) is 7.70. The minimum absolute atomic E-state index is 0.0560. The number of nitrogens with zero attached hydrogens (tertiary/aromatic N) is 1. The lowest BCUT2D eigenvalue weighted by molar-refractivity contribution is -0.123. The van der Waals surface area contributed by atoms with Crippen LogP contribution in [0.25, 0.3) is 11.0 Å². The van der Waals surface area contributed by atoms with Crippen molar-refractivity contribution in [2.45, 2.75) is 13.3 Å². The van der Waals surface area contributed by atoms with Crippen LogP contribution in [0, 0.1) is 6.92 Å². The normalized spacial score (nSPS) is 10.6. The van der Waals surface area contributed by atoms with Crippen molar-refractivity contribution in [1.82, 2.24) is 15.3 Å². The molecule has 0 radical (unpaired) electrons. The Morgan fingerprint density at radius 3 is 2.84 bits per heavy atom. The number of amides is 1. The Kier molecular flexibility index (Phi) is 5.18. The number of H-pyrrole nitrogens is 1. The molecule has 0 fully saturated rings. The molecule has 6 nitrogen and oxygen atoms in total. The van der Waals surface area contributed by atoms with E-state index in [0.717, 1.165) is 22.4 Å². The number of hydrogen-bond acceptors (Lipinski definition) is 4. The van der Waals surface area contributed by atoms with Crippen LogP contribution in [0.2, 0.25) is 0 Å². The number of fused-ring (bicyclic) bond motifs is 1. The number of carbonyl (C=O) groups excluding carboxylic acids is 1. The highest BCUT2D eigenvalue weighted by atomic mass is 16.5. The van der Waals surface area contributed by atoms with Crippen LogP contribution >= 0.6 is 0 Å². The maximum Gasteiger partial charge on any atom is 0.257 e. The number of rotatable bonds is 7. The van der Waals surface area contributed by atoms with Crippen molar-refractivity contribution >= 4 is 16.9 Å². The zero-order chi connectivity index (χ0) is 17.6. The Morgan fingerprint density at radius 1 is 1.20 bits per heavy atom. The van der Waals surface area contributed by atoms with Gasteiger partial charge in [0.2, 0.25) is 0 Å². The van der Waals surface area contributed by atoms with Crippen LogP contribution in [-0.2, 0) is 11.2 Å². The van der Waals surface area contributed by atoms with E-state index in [1.807, 2.05) is 43.3 Å². The van der Waals surface area contributed by atoms with Crippen molar-refractivity contribution in [1.29, 1.82) is 0 Å². The van der Waals surface area contributed by atoms with Gasteiger partial charge in [0, 0.05) is 13.0 Å². The molecule has 3 rings (SSSR count). The SMILES string of the molecule is COc1cc(C)ccc1OCC(=O)NCCc1nc2ccccc2[nH]1. The number of nitrogens with one attached hydrogen (secondary N) is 2. The molecule has 0 atom stereocenters. The first-order valence-electron chi connectivity index (χ1n) is 8.13. The van der Waals surface area contributed by atoms with E-state index < -0.39 is 0 Å². The van der Waals surface area contributed by atoms with E-state index in [1.165, 1.54) is 0 Å². The summed E-state index contributed by atoms with van der Waals surface area (Å²) >= 11 is 0. The summed E-state index contributed by atoms with van der Waals surface area (Å²) in [5, 5.41) is 2.83. The molecule has 1 aromatic heterocycles. The maximum atomic E-state index is 11.9. The van der Waals surface area contributed by atoms with Crippen LogP contribution in [-0.4, -0.2) is 36.1 Å². The molecule has 6 heteroatoms. The quantitative estimate of drug-likeness (QED) is 0.694. The van der Waals surface area contributed by atoms with Crippen LogP contribution < -0.4 is 14.8 Å². The molecule has 2 aromatic carbocycles. The van der Waals surface area contributed by atoms with E-state index in [0.29, 0.717) is 24.5 Å². The van der Waals surface area contributed by atoms with Gasteiger partial charge in [-0.25, -0.2) is 4.98 Å². The molecule has 1 amide bonds. The molecule has 1 heterocycles. The van der Waals surface area contributed by atoms with Crippen LogP contribution in [0.15, 0.2) is 42.5 Å². The summed E-state index contributed by atoms with van der Waals surface area (Å²) in [6.45, 7) is 2.41. The fourth-order valence-corrected chi connectivity index (χ4v) is 2.53. The fourth-order valence-electron chi connectivity index (χ4n) is 2.53. The summed E-state index contributed by atoms with van der Waals surface area (Å²) in [6, 6.07) is 13.4. The summed E-state index contributed by atoms with van der Waals surface area (Å²) in [7, 11) is 1.58. The predicted octanol–water partition coefficient (Wildman–Crippen LogP) is 2.62. The van der Waals surface area contributed by atoms with Crippen molar-refractivity contribution in [3.63, 3.8) is 0 Å². The molecule has 0 aliphatic rings. The van der Waals surface area contributed by atoms with Gasteiger partial charge in [-0.1, -0.05) is 18.2 Å². The lowest BCUT2D eigenvalue weighted by atomic mass is 10.2.